The molecule has 4 rings (SSSR count). The van der Waals surface area contributed by atoms with E-state index < -0.39 is 0 Å². The molecule has 7 heteroatoms. The molecule has 0 saturated carbocycles. The van der Waals surface area contributed by atoms with Crippen molar-refractivity contribution in [2.45, 2.75) is 6.92 Å². The number of carbonyl (C=O) groups is 1. The number of rotatable bonds is 5. The minimum Gasteiger partial charge on any atom is -0.378 e. The van der Waals surface area contributed by atoms with Crippen LogP contribution in [0.25, 0.3) is 16.8 Å². The molecule has 7 nitrogen and oxygen atoms in total. The average Bonchev–Trinajstić information content (AvgIpc) is 3.12. The van der Waals surface area contributed by atoms with E-state index >= 15 is 0 Å². The van der Waals surface area contributed by atoms with Crippen LogP contribution in [0.3, 0.4) is 0 Å². The molecule has 0 fully saturated rings. The maximum Gasteiger partial charge on any atom is 0.221 e. The van der Waals surface area contributed by atoms with Crippen molar-refractivity contribution in [2.24, 2.45) is 0 Å². The quantitative estimate of drug-likeness (QED) is 0.539. The minimum atomic E-state index is -0.0931. The Balaban J connectivity index is 1.63. The van der Waals surface area contributed by atoms with Gasteiger partial charge in [0.1, 0.15) is 5.82 Å². The molecule has 29 heavy (non-hydrogen) atoms. The van der Waals surface area contributed by atoms with Gasteiger partial charge in [-0.1, -0.05) is 12.1 Å². The molecular formula is C22H22N6O. The van der Waals surface area contributed by atoms with Crippen molar-refractivity contribution < 1.29 is 4.79 Å². The number of fused-ring (bicyclic) bond motifs is 1. The van der Waals surface area contributed by atoms with Gasteiger partial charge in [0.15, 0.2) is 5.65 Å². The van der Waals surface area contributed by atoms with Gasteiger partial charge in [-0.3, -0.25) is 4.79 Å². The lowest BCUT2D eigenvalue weighted by molar-refractivity contribution is -0.114. The standard InChI is InChI=1S/C22H22N6O/c1-15(29)24-17-7-9-18(10-8-17)25-21-11-12-28-22(26-21)20(14-23-28)16-5-4-6-19(13-16)27(2)3/h4-14H,1-3H3,(H,24,29)(H,25,26). The minimum absolute atomic E-state index is 0.0931. The zero-order valence-corrected chi connectivity index (χ0v) is 16.5. The van der Waals surface area contributed by atoms with Gasteiger partial charge in [0.25, 0.3) is 0 Å². The van der Waals surface area contributed by atoms with Gasteiger partial charge in [-0.05, 0) is 48.0 Å². The Morgan fingerprint density at radius 2 is 1.79 bits per heavy atom. The number of carbonyl (C=O) groups excluding carboxylic acids is 1. The normalized spacial score (nSPS) is 10.7. The molecule has 2 aromatic heterocycles. The van der Waals surface area contributed by atoms with Crippen LogP contribution < -0.4 is 15.5 Å². The molecule has 0 bridgehead atoms. The Kier molecular flexibility index (Phi) is 4.87. The SMILES string of the molecule is CC(=O)Nc1ccc(Nc2ccn3ncc(-c4cccc(N(C)C)c4)c3n2)cc1. The van der Waals surface area contributed by atoms with E-state index in [9.17, 15) is 4.79 Å². The molecule has 0 atom stereocenters. The Morgan fingerprint density at radius 3 is 2.52 bits per heavy atom. The second-order valence-electron chi connectivity index (χ2n) is 6.97. The molecule has 0 unspecified atom stereocenters. The van der Waals surface area contributed by atoms with Crippen LogP contribution in [0.2, 0.25) is 0 Å². The van der Waals surface area contributed by atoms with Gasteiger partial charge < -0.3 is 15.5 Å². The highest BCUT2D eigenvalue weighted by Gasteiger charge is 2.10. The highest BCUT2D eigenvalue weighted by molar-refractivity contribution is 5.89. The van der Waals surface area contributed by atoms with E-state index in [1.54, 1.807) is 4.52 Å². The Hall–Kier alpha value is -3.87. The largest absolute Gasteiger partial charge is 0.378 e. The van der Waals surface area contributed by atoms with Crippen LogP contribution in [0.15, 0.2) is 67.0 Å². The number of hydrogen-bond acceptors (Lipinski definition) is 5. The predicted octanol–water partition coefficient (Wildman–Crippen LogP) is 4.16. The van der Waals surface area contributed by atoms with Gasteiger partial charge in [0, 0.05) is 49.8 Å². The lowest BCUT2D eigenvalue weighted by Gasteiger charge is -2.13. The summed E-state index contributed by atoms with van der Waals surface area (Å²) in [5.41, 5.74) is 5.57. The summed E-state index contributed by atoms with van der Waals surface area (Å²) in [7, 11) is 4.04. The van der Waals surface area contributed by atoms with Crippen LogP contribution in [0.1, 0.15) is 6.92 Å². The first-order valence-corrected chi connectivity index (χ1v) is 9.26. The first-order chi connectivity index (χ1) is 14.0. The maximum atomic E-state index is 11.1. The van der Waals surface area contributed by atoms with Gasteiger partial charge >= 0.3 is 0 Å². The molecule has 0 aliphatic heterocycles. The zero-order chi connectivity index (χ0) is 20.4. The smallest absolute Gasteiger partial charge is 0.221 e. The van der Waals surface area contributed by atoms with Crippen molar-refractivity contribution in [3.05, 3.63) is 67.0 Å². The lowest BCUT2D eigenvalue weighted by Crippen LogP contribution is -2.08. The number of aromatic nitrogens is 3. The second-order valence-corrected chi connectivity index (χ2v) is 6.97. The highest BCUT2D eigenvalue weighted by atomic mass is 16.1. The summed E-state index contributed by atoms with van der Waals surface area (Å²) in [6, 6.07) is 17.7. The average molecular weight is 386 g/mol. The van der Waals surface area contributed by atoms with Crippen molar-refractivity contribution in [3.8, 4) is 11.1 Å². The maximum absolute atomic E-state index is 11.1. The lowest BCUT2D eigenvalue weighted by atomic mass is 10.1. The van der Waals surface area contributed by atoms with Gasteiger partial charge in [-0.2, -0.15) is 5.10 Å². The van der Waals surface area contributed by atoms with Crippen molar-refractivity contribution in [3.63, 3.8) is 0 Å². The summed E-state index contributed by atoms with van der Waals surface area (Å²) in [6.07, 6.45) is 3.72. The van der Waals surface area contributed by atoms with Gasteiger partial charge in [0.2, 0.25) is 5.91 Å². The molecule has 146 valence electrons. The van der Waals surface area contributed by atoms with E-state index in [4.69, 9.17) is 4.98 Å². The van der Waals surface area contributed by atoms with Crippen LogP contribution >= 0.6 is 0 Å². The fourth-order valence-electron chi connectivity index (χ4n) is 3.08. The highest BCUT2D eigenvalue weighted by Crippen LogP contribution is 2.28. The van der Waals surface area contributed by atoms with E-state index in [0.717, 1.165) is 39.7 Å². The summed E-state index contributed by atoms with van der Waals surface area (Å²) in [5, 5.41) is 10.5. The fraction of sp³-hybridized carbons (Fsp3) is 0.136. The molecule has 0 saturated heterocycles. The first kappa shape index (κ1) is 18.5. The van der Waals surface area contributed by atoms with Crippen molar-refractivity contribution >= 4 is 34.4 Å². The summed E-state index contributed by atoms with van der Waals surface area (Å²) in [6.45, 7) is 1.49. The Morgan fingerprint density at radius 1 is 1.03 bits per heavy atom. The van der Waals surface area contributed by atoms with E-state index in [2.05, 4.69) is 38.8 Å². The number of nitrogens with zero attached hydrogens (tertiary/aromatic N) is 4. The third-order valence-corrected chi connectivity index (χ3v) is 4.52. The van der Waals surface area contributed by atoms with E-state index in [-0.39, 0.29) is 5.91 Å². The summed E-state index contributed by atoms with van der Waals surface area (Å²) in [4.78, 5) is 18.0. The number of hydrogen-bond donors (Lipinski definition) is 2. The predicted molar refractivity (Wildman–Crippen MR) is 117 cm³/mol. The Bertz CT molecular complexity index is 1160. The molecular weight excluding hydrogens is 364 g/mol. The molecule has 2 aromatic carbocycles. The van der Waals surface area contributed by atoms with E-state index in [1.807, 2.05) is 62.9 Å². The monoisotopic (exact) mass is 386 g/mol. The van der Waals surface area contributed by atoms with Crippen LogP contribution in [0.4, 0.5) is 22.9 Å². The van der Waals surface area contributed by atoms with Crippen LogP contribution in [-0.2, 0) is 4.79 Å². The number of benzene rings is 2. The topological polar surface area (TPSA) is 74.6 Å². The summed E-state index contributed by atoms with van der Waals surface area (Å²) < 4.78 is 1.77. The number of amides is 1. The third kappa shape index (κ3) is 4.03. The molecule has 1 amide bonds. The van der Waals surface area contributed by atoms with Crippen LogP contribution in [0.5, 0.6) is 0 Å². The van der Waals surface area contributed by atoms with Crippen molar-refractivity contribution in [2.75, 3.05) is 29.6 Å². The van der Waals surface area contributed by atoms with Crippen molar-refractivity contribution in [1.29, 1.82) is 0 Å². The van der Waals surface area contributed by atoms with E-state index in [1.165, 1.54) is 6.92 Å². The van der Waals surface area contributed by atoms with Gasteiger partial charge in [-0.25, -0.2) is 9.50 Å². The zero-order valence-electron chi connectivity index (χ0n) is 16.5. The van der Waals surface area contributed by atoms with Gasteiger partial charge in [-0.15, -0.1) is 0 Å². The van der Waals surface area contributed by atoms with Crippen LogP contribution in [0, 0.1) is 0 Å². The molecule has 0 radical (unpaired) electrons. The van der Waals surface area contributed by atoms with Crippen LogP contribution in [-0.4, -0.2) is 34.6 Å². The fourth-order valence-corrected chi connectivity index (χ4v) is 3.08. The molecule has 0 aliphatic rings. The number of nitrogens with one attached hydrogen (secondary N) is 2. The molecule has 4 aromatic rings. The third-order valence-electron chi connectivity index (χ3n) is 4.52. The Labute approximate surface area is 169 Å². The van der Waals surface area contributed by atoms with Crippen molar-refractivity contribution in [1.82, 2.24) is 14.6 Å². The first-order valence-electron chi connectivity index (χ1n) is 9.26. The van der Waals surface area contributed by atoms with E-state index in [0.29, 0.717) is 0 Å². The molecule has 0 spiro atoms. The molecule has 2 heterocycles. The molecule has 2 N–H and O–H groups in total. The van der Waals surface area contributed by atoms with Gasteiger partial charge in [0.05, 0.1) is 6.20 Å². The molecule has 0 aliphatic carbocycles. The number of anilines is 4. The summed E-state index contributed by atoms with van der Waals surface area (Å²) >= 11 is 0. The summed E-state index contributed by atoms with van der Waals surface area (Å²) in [5.74, 6) is 0.625. The second kappa shape index (κ2) is 7.63.